The second-order valence-electron chi connectivity index (χ2n) is 7.24. The van der Waals surface area contributed by atoms with Gasteiger partial charge in [-0.3, -0.25) is 4.99 Å². The number of ether oxygens (including phenoxy) is 1. The van der Waals surface area contributed by atoms with Crippen molar-refractivity contribution in [3.8, 4) is 0 Å². The van der Waals surface area contributed by atoms with E-state index < -0.39 is 49.1 Å². The van der Waals surface area contributed by atoms with E-state index in [1.807, 2.05) is 30.3 Å². The maximum Gasteiger partial charge on any atom is 0.328 e. The molecule has 5 N–H and O–H groups in total. The molecular formula is C22H25NO7. The normalized spacial score (nSPS) is 27.8. The highest BCUT2D eigenvalue weighted by molar-refractivity contribution is 5.83. The maximum absolute atomic E-state index is 11.5. The first-order valence-corrected chi connectivity index (χ1v) is 9.61. The summed E-state index contributed by atoms with van der Waals surface area (Å²) in [6, 6.07) is 15.0. The van der Waals surface area contributed by atoms with Crippen LogP contribution in [0.25, 0.3) is 0 Å². The third-order valence-corrected chi connectivity index (χ3v) is 5.12. The Labute approximate surface area is 173 Å². The highest BCUT2D eigenvalue weighted by atomic mass is 16.5. The van der Waals surface area contributed by atoms with Gasteiger partial charge in [0.05, 0.1) is 6.61 Å². The molecular weight excluding hydrogens is 390 g/mol. The molecule has 0 amide bonds. The Bertz CT molecular complexity index is 854. The van der Waals surface area contributed by atoms with Crippen LogP contribution in [-0.2, 0) is 16.0 Å². The van der Waals surface area contributed by atoms with Crippen molar-refractivity contribution in [3.05, 3.63) is 71.3 Å². The summed E-state index contributed by atoms with van der Waals surface area (Å²) < 4.78 is 5.53. The standard InChI is InChI=1S/C22H25NO7/c24-12-17-18(25)19(26)20(27)21(30-17)15-8-6-14(7-9-15)11-23-16(22(28)29)10-13-4-2-1-3-5-13/h1-9,11,16-21,24-27H,10,12H2,(H,28,29)/t16-,17+,18+,19+,20+,21-/m0/s1. The quantitative estimate of drug-likeness (QED) is 0.410. The van der Waals surface area contributed by atoms with Crippen LogP contribution in [0.15, 0.2) is 59.6 Å². The number of hydrogen-bond donors (Lipinski definition) is 5. The molecule has 2 aromatic rings. The molecule has 0 bridgehead atoms. The van der Waals surface area contributed by atoms with Crippen LogP contribution in [0.5, 0.6) is 0 Å². The molecule has 8 heteroatoms. The summed E-state index contributed by atoms with van der Waals surface area (Å²) in [7, 11) is 0. The maximum atomic E-state index is 11.5. The molecule has 1 heterocycles. The largest absolute Gasteiger partial charge is 0.480 e. The summed E-state index contributed by atoms with van der Waals surface area (Å²) in [5.74, 6) is -1.02. The smallest absolute Gasteiger partial charge is 0.328 e. The molecule has 1 aliphatic heterocycles. The van der Waals surface area contributed by atoms with E-state index >= 15 is 0 Å². The van der Waals surface area contributed by atoms with Crippen LogP contribution in [-0.4, -0.2) is 74.8 Å². The number of nitrogens with zero attached hydrogens (tertiary/aromatic N) is 1. The number of carbonyl (C=O) groups is 1. The van der Waals surface area contributed by atoms with E-state index in [1.54, 1.807) is 24.3 Å². The highest BCUT2D eigenvalue weighted by Gasteiger charge is 2.43. The predicted molar refractivity (Wildman–Crippen MR) is 108 cm³/mol. The zero-order chi connectivity index (χ0) is 21.7. The lowest BCUT2D eigenvalue weighted by Crippen LogP contribution is -2.55. The number of benzene rings is 2. The van der Waals surface area contributed by atoms with Crippen LogP contribution in [0.2, 0.25) is 0 Å². The highest BCUT2D eigenvalue weighted by Crippen LogP contribution is 2.32. The van der Waals surface area contributed by atoms with Gasteiger partial charge >= 0.3 is 5.97 Å². The molecule has 160 valence electrons. The Morgan fingerprint density at radius 1 is 1.00 bits per heavy atom. The summed E-state index contributed by atoms with van der Waals surface area (Å²) in [4.78, 5) is 15.7. The van der Waals surface area contributed by atoms with Gasteiger partial charge < -0.3 is 30.3 Å². The third-order valence-electron chi connectivity index (χ3n) is 5.12. The molecule has 30 heavy (non-hydrogen) atoms. The fourth-order valence-corrected chi connectivity index (χ4v) is 3.37. The van der Waals surface area contributed by atoms with Crippen molar-refractivity contribution in [3.63, 3.8) is 0 Å². The first-order valence-electron chi connectivity index (χ1n) is 9.61. The fraction of sp³-hybridized carbons (Fsp3) is 0.364. The van der Waals surface area contributed by atoms with Gasteiger partial charge in [0.2, 0.25) is 0 Å². The minimum Gasteiger partial charge on any atom is -0.480 e. The Morgan fingerprint density at radius 2 is 1.67 bits per heavy atom. The number of carboxylic acid groups (broad SMARTS) is 1. The lowest BCUT2D eigenvalue weighted by molar-refractivity contribution is -0.231. The topological polar surface area (TPSA) is 140 Å². The molecule has 0 radical (unpaired) electrons. The minimum absolute atomic E-state index is 0.273. The molecule has 0 unspecified atom stereocenters. The van der Waals surface area contributed by atoms with Gasteiger partial charge in [-0.2, -0.15) is 0 Å². The lowest BCUT2D eigenvalue weighted by Gasteiger charge is -2.40. The summed E-state index contributed by atoms with van der Waals surface area (Å²) in [6.07, 6.45) is -4.37. The van der Waals surface area contributed by atoms with E-state index in [0.29, 0.717) is 11.1 Å². The molecule has 0 spiro atoms. The fourth-order valence-electron chi connectivity index (χ4n) is 3.37. The van der Waals surface area contributed by atoms with Crippen LogP contribution in [0.1, 0.15) is 22.8 Å². The van der Waals surface area contributed by atoms with Crippen molar-refractivity contribution in [2.45, 2.75) is 43.0 Å². The van der Waals surface area contributed by atoms with Crippen molar-refractivity contribution in [1.82, 2.24) is 0 Å². The van der Waals surface area contributed by atoms with Gasteiger partial charge in [-0.25, -0.2) is 4.79 Å². The number of aliphatic carboxylic acids is 1. The van der Waals surface area contributed by atoms with Gasteiger partial charge in [-0.15, -0.1) is 0 Å². The van der Waals surface area contributed by atoms with Crippen molar-refractivity contribution >= 4 is 12.2 Å². The molecule has 0 aliphatic carbocycles. The third kappa shape index (κ3) is 5.10. The summed E-state index contributed by atoms with van der Waals surface area (Å²) in [5.41, 5.74) is 2.07. The molecule has 2 aromatic carbocycles. The molecule has 0 aromatic heterocycles. The van der Waals surface area contributed by atoms with Gasteiger partial charge in [0, 0.05) is 12.6 Å². The van der Waals surface area contributed by atoms with Crippen molar-refractivity contribution in [2.24, 2.45) is 4.99 Å². The van der Waals surface area contributed by atoms with Crippen LogP contribution < -0.4 is 0 Å². The van der Waals surface area contributed by atoms with Crippen LogP contribution >= 0.6 is 0 Å². The summed E-state index contributed by atoms with van der Waals surface area (Å²) in [5, 5.41) is 48.8. The van der Waals surface area contributed by atoms with Crippen molar-refractivity contribution < 1.29 is 35.1 Å². The van der Waals surface area contributed by atoms with Crippen LogP contribution in [0, 0.1) is 0 Å². The number of carboxylic acids is 1. The Balaban J connectivity index is 1.71. The van der Waals surface area contributed by atoms with Crippen molar-refractivity contribution in [1.29, 1.82) is 0 Å². The monoisotopic (exact) mass is 415 g/mol. The second-order valence-corrected chi connectivity index (χ2v) is 7.24. The SMILES string of the molecule is O=C(O)[C@H](Cc1ccccc1)N=Cc1ccc([C@@H]2O[C@H](CO)[C@@H](O)[C@@H](O)[C@H]2O)cc1. The lowest BCUT2D eigenvalue weighted by atomic mass is 9.91. The first-order chi connectivity index (χ1) is 14.4. The average molecular weight is 415 g/mol. The molecule has 1 saturated heterocycles. The van der Waals surface area contributed by atoms with Gasteiger partial charge in [0.25, 0.3) is 0 Å². The summed E-state index contributed by atoms with van der Waals surface area (Å²) >= 11 is 0. The molecule has 6 atom stereocenters. The first kappa shape index (κ1) is 22.1. The van der Waals surface area contributed by atoms with E-state index in [9.17, 15) is 30.3 Å². The minimum atomic E-state index is -1.45. The van der Waals surface area contributed by atoms with E-state index in [0.717, 1.165) is 5.56 Å². The Morgan fingerprint density at radius 3 is 2.27 bits per heavy atom. The average Bonchev–Trinajstić information content (AvgIpc) is 2.76. The Hall–Kier alpha value is -2.62. The zero-order valence-electron chi connectivity index (χ0n) is 16.2. The van der Waals surface area contributed by atoms with E-state index in [2.05, 4.69) is 4.99 Å². The second kappa shape index (κ2) is 9.92. The number of hydrogen-bond acceptors (Lipinski definition) is 7. The molecule has 0 saturated carbocycles. The summed E-state index contributed by atoms with van der Waals surface area (Å²) in [6.45, 7) is -0.496. The van der Waals surface area contributed by atoms with Crippen LogP contribution in [0.3, 0.4) is 0 Å². The number of aliphatic imine (C=N–C) groups is 1. The molecule has 3 rings (SSSR count). The predicted octanol–water partition coefficient (Wildman–Crippen LogP) is 0.316. The molecule has 8 nitrogen and oxygen atoms in total. The van der Waals surface area contributed by atoms with E-state index in [4.69, 9.17) is 4.74 Å². The van der Waals surface area contributed by atoms with E-state index in [1.165, 1.54) is 6.21 Å². The zero-order valence-corrected chi connectivity index (χ0v) is 16.2. The Kier molecular flexibility index (Phi) is 7.30. The number of aliphatic hydroxyl groups is 4. The number of rotatable bonds is 7. The van der Waals surface area contributed by atoms with Crippen LogP contribution in [0.4, 0.5) is 0 Å². The van der Waals surface area contributed by atoms with Crippen molar-refractivity contribution in [2.75, 3.05) is 6.61 Å². The number of aliphatic hydroxyl groups excluding tert-OH is 4. The molecule has 1 aliphatic rings. The molecule has 1 fully saturated rings. The van der Waals surface area contributed by atoms with Gasteiger partial charge in [-0.1, -0.05) is 54.6 Å². The van der Waals surface area contributed by atoms with Gasteiger partial charge in [0.15, 0.2) is 6.04 Å². The van der Waals surface area contributed by atoms with Gasteiger partial charge in [-0.05, 0) is 16.7 Å². The van der Waals surface area contributed by atoms with E-state index in [-0.39, 0.29) is 6.42 Å². The van der Waals surface area contributed by atoms with Gasteiger partial charge in [0.1, 0.15) is 30.5 Å².